The van der Waals surface area contributed by atoms with E-state index in [1.807, 2.05) is 6.07 Å². The molecule has 2 aromatic carbocycles. The fraction of sp³-hybridized carbons (Fsp3) is 0.531. The Morgan fingerprint density at radius 2 is 1.74 bits per heavy atom. The molecule has 10 heteroatoms. The number of methoxy groups -OCH3 is 1. The molecule has 1 unspecified atom stereocenters. The highest BCUT2D eigenvalue weighted by atomic mass is 16.6. The molecule has 2 heterocycles. The van der Waals surface area contributed by atoms with Gasteiger partial charge in [0.15, 0.2) is 11.5 Å². The van der Waals surface area contributed by atoms with Crippen LogP contribution in [0.5, 0.6) is 17.2 Å². The summed E-state index contributed by atoms with van der Waals surface area (Å²) in [6.45, 7) is 5.50. The lowest BCUT2D eigenvalue weighted by atomic mass is 9.88. The van der Waals surface area contributed by atoms with Crippen molar-refractivity contribution in [2.75, 3.05) is 33.4 Å². The molecule has 5 rings (SSSR count). The van der Waals surface area contributed by atoms with Gasteiger partial charge in [-0.1, -0.05) is 37.5 Å². The van der Waals surface area contributed by atoms with Crippen molar-refractivity contribution in [3.63, 3.8) is 0 Å². The number of rotatable bonds is 11. The summed E-state index contributed by atoms with van der Waals surface area (Å²) in [5.41, 5.74) is 3.82. The Balaban J connectivity index is 0.000000952. The summed E-state index contributed by atoms with van der Waals surface area (Å²) in [5.74, 6) is 2.80. The second-order valence-electron chi connectivity index (χ2n) is 11.1. The molecule has 42 heavy (non-hydrogen) atoms. The maximum Gasteiger partial charge on any atom is 0.503 e. The number of amides is 2. The van der Waals surface area contributed by atoms with Crippen LogP contribution in [0.25, 0.3) is 0 Å². The predicted octanol–water partition coefficient (Wildman–Crippen LogP) is 5.52. The Hall–Kier alpha value is -3.79. The number of carbonyl (C=O) groups excluding carboxylic acids is 2. The van der Waals surface area contributed by atoms with Gasteiger partial charge in [-0.15, -0.1) is 0 Å². The van der Waals surface area contributed by atoms with E-state index in [-0.39, 0.29) is 31.0 Å². The second kappa shape index (κ2) is 14.9. The monoisotopic (exact) mass is 582 g/mol. The molecule has 1 saturated heterocycles. The van der Waals surface area contributed by atoms with Crippen LogP contribution in [0.2, 0.25) is 0 Å². The van der Waals surface area contributed by atoms with E-state index >= 15 is 0 Å². The molecule has 2 N–H and O–H groups in total. The van der Waals surface area contributed by atoms with E-state index < -0.39 is 6.16 Å². The summed E-state index contributed by atoms with van der Waals surface area (Å²) in [4.78, 5) is 36.2. The summed E-state index contributed by atoms with van der Waals surface area (Å²) in [6.07, 6.45) is 6.37. The molecule has 1 aliphatic carbocycles. The molecule has 0 radical (unpaired) electrons. The first kappa shape index (κ1) is 31.2. The van der Waals surface area contributed by atoms with Crippen molar-refractivity contribution in [2.24, 2.45) is 5.92 Å². The quantitative estimate of drug-likeness (QED) is 0.329. The van der Waals surface area contributed by atoms with Gasteiger partial charge in [0, 0.05) is 38.4 Å². The number of fused-ring (bicyclic) bond motifs is 1. The largest absolute Gasteiger partial charge is 0.503 e. The first-order valence-electron chi connectivity index (χ1n) is 14.8. The molecule has 0 aromatic heterocycles. The van der Waals surface area contributed by atoms with Gasteiger partial charge in [0.1, 0.15) is 12.4 Å². The third kappa shape index (κ3) is 8.38. The standard InChI is InChI=1S/C31H40N2O5.CH2O3/c1-22(25-9-11-27-26(19-25)14-16-37-27)32(20-23-6-4-3-5-7-23)21-24-8-10-28(29(18-24)36-2)38-17-15-33-30(34)12-13-31(33)35;2-1(3)4/h8-11,18-19,22-23H,3-7,12-17,20-21H2,1-2H3;(H2,2,3,4). The zero-order valence-corrected chi connectivity index (χ0v) is 24.5. The smallest absolute Gasteiger partial charge is 0.493 e. The maximum atomic E-state index is 11.9. The molecule has 2 aliphatic heterocycles. The van der Waals surface area contributed by atoms with Gasteiger partial charge in [0.2, 0.25) is 11.8 Å². The van der Waals surface area contributed by atoms with E-state index in [1.165, 1.54) is 53.7 Å². The van der Waals surface area contributed by atoms with E-state index in [1.54, 1.807) is 7.11 Å². The Morgan fingerprint density at radius 1 is 1.02 bits per heavy atom. The van der Waals surface area contributed by atoms with E-state index in [2.05, 4.69) is 42.2 Å². The molecule has 1 saturated carbocycles. The van der Waals surface area contributed by atoms with Gasteiger partial charge in [-0.2, -0.15) is 0 Å². The topological polar surface area (TPSA) is 126 Å². The first-order valence-corrected chi connectivity index (χ1v) is 14.8. The number of carboxylic acid groups (broad SMARTS) is 2. The third-order valence-electron chi connectivity index (χ3n) is 8.30. The summed E-state index contributed by atoms with van der Waals surface area (Å²) < 4.78 is 17.3. The maximum absolute atomic E-state index is 11.9. The van der Waals surface area contributed by atoms with Crippen molar-refractivity contribution in [3.05, 3.63) is 53.1 Å². The lowest BCUT2D eigenvalue weighted by Gasteiger charge is -2.34. The minimum absolute atomic E-state index is 0.121. The highest BCUT2D eigenvalue weighted by Gasteiger charge is 2.28. The van der Waals surface area contributed by atoms with Gasteiger partial charge < -0.3 is 24.4 Å². The summed E-state index contributed by atoms with van der Waals surface area (Å²) >= 11 is 0. The Bertz CT molecular complexity index is 1220. The Kier molecular flexibility index (Phi) is 11.1. The van der Waals surface area contributed by atoms with Crippen LogP contribution in [0.3, 0.4) is 0 Å². The zero-order chi connectivity index (χ0) is 30.1. The van der Waals surface area contributed by atoms with Crippen LogP contribution >= 0.6 is 0 Å². The summed E-state index contributed by atoms with van der Waals surface area (Å²) in [7, 11) is 1.65. The number of hydrogen-bond acceptors (Lipinski definition) is 7. The number of nitrogens with zero attached hydrogens (tertiary/aromatic N) is 2. The normalized spacial score (nSPS) is 17.4. The van der Waals surface area contributed by atoms with Crippen molar-refractivity contribution in [1.29, 1.82) is 0 Å². The van der Waals surface area contributed by atoms with Crippen LogP contribution < -0.4 is 14.2 Å². The molecule has 228 valence electrons. The number of carbonyl (C=O) groups is 3. The van der Waals surface area contributed by atoms with Gasteiger partial charge in [0.05, 0.1) is 20.3 Å². The van der Waals surface area contributed by atoms with Crippen LogP contribution in [-0.4, -0.2) is 71.4 Å². The minimum atomic E-state index is -1.83. The summed E-state index contributed by atoms with van der Waals surface area (Å²) in [6, 6.07) is 13.0. The Labute approximate surface area is 247 Å². The van der Waals surface area contributed by atoms with Crippen molar-refractivity contribution < 1.29 is 38.8 Å². The molecule has 1 atom stereocenters. The molecule has 0 bridgehead atoms. The van der Waals surface area contributed by atoms with Gasteiger partial charge in [0.25, 0.3) is 0 Å². The molecular formula is C32H42N2O8. The van der Waals surface area contributed by atoms with E-state index in [9.17, 15) is 9.59 Å². The van der Waals surface area contributed by atoms with Crippen molar-refractivity contribution in [2.45, 2.75) is 70.9 Å². The van der Waals surface area contributed by atoms with Gasteiger partial charge in [-0.3, -0.25) is 19.4 Å². The van der Waals surface area contributed by atoms with Crippen molar-refractivity contribution >= 4 is 18.0 Å². The van der Waals surface area contributed by atoms with Gasteiger partial charge >= 0.3 is 6.16 Å². The first-order chi connectivity index (χ1) is 20.2. The van der Waals surface area contributed by atoms with E-state index in [0.29, 0.717) is 24.3 Å². The molecular weight excluding hydrogens is 540 g/mol. The second-order valence-corrected chi connectivity index (χ2v) is 11.1. The number of benzene rings is 2. The third-order valence-corrected chi connectivity index (χ3v) is 8.30. The highest BCUT2D eigenvalue weighted by molar-refractivity contribution is 6.01. The molecule has 3 aliphatic rings. The average Bonchev–Trinajstić information content (AvgIpc) is 3.58. The van der Waals surface area contributed by atoms with Crippen LogP contribution in [0.4, 0.5) is 4.79 Å². The molecule has 2 amide bonds. The summed E-state index contributed by atoms with van der Waals surface area (Å²) in [5, 5.41) is 13.9. The van der Waals surface area contributed by atoms with E-state index in [0.717, 1.165) is 37.8 Å². The van der Waals surface area contributed by atoms with Crippen LogP contribution in [-0.2, 0) is 22.6 Å². The average molecular weight is 583 g/mol. The number of ether oxygens (including phenoxy) is 3. The van der Waals surface area contributed by atoms with Crippen LogP contribution in [0.15, 0.2) is 36.4 Å². The van der Waals surface area contributed by atoms with Gasteiger partial charge in [-0.05, 0) is 60.6 Å². The predicted molar refractivity (Wildman–Crippen MR) is 156 cm³/mol. The SMILES string of the molecule is COc1cc(CN(CC2CCCCC2)C(C)c2ccc3c(c2)CCO3)ccc1OCCN1C(=O)CCC1=O.O=C(O)O. The fourth-order valence-electron chi connectivity index (χ4n) is 6.02. The van der Waals surface area contributed by atoms with Gasteiger partial charge in [-0.25, -0.2) is 4.79 Å². The van der Waals surface area contributed by atoms with Crippen LogP contribution in [0, 0.1) is 5.92 Å². The number of likely N-dealkylation sites (tertiary alicyclic amines) is 1. The molecule has 2 fully saturated rings. The Morgan fingerprint density at radius 3 is 2.43 bits per heavy atom. The lowest BCUT2D eigenvalue weighted by Crippen LogP contribution is -2.33. The van der Waals surface area contributed by atoms with Crippen molar-refractivity contribution in [3.8, 4) is 17.2 Å². The van der Waals surface area contributed by atoms with E-state index in [4.69, 9.17) is 29.2 Å². The lowest BCUT2D eigenvalue weighted by molar-refractivity contribution is -0.138. The number of hydrogen-bond donors (Lipinski definition) is 2. The molecule has 0 spiro atoms. The highest BCUT2D eigenvalue weighted by Crippen LogP contribution is 2.34. The van der Waals surface area contributed by atoms with Crippen LogP contribution in [0.1, 0.15) is 74.6 Å². The molecule has 10 nitrogen and oxygen atoms in total. The molecule has 2 aromatic rings. The number of imide groups is 1. The fourth-order valence-corrected chi connectivity index (χ4v) is 6.02. The van der Waals surface area contributed by atoms with Crippen molar-refractivity contribution in [1.82, 2.24) is 9.80 Å². The minimum Gasteiger partial charge on any atom is -0.493 e. The zero-order valence-electron chi connectivity index (χ0n) is 24.5.